The molecule has 1 atom stereocenters. The Balaban J connectivity index is 1.57. The lowest BCUT2D eigenvalue weighted by atomic mass is 10.1. The first-order valence-corrected chi connectivity index (χ1v) is 8.84. The van der Waals surface area contributed by atoms with Crippen molar-refractivity contribution >= 4 is 22.9 Å². The second-order valence-corrected chi connectivity index (χ2v) is 6.71. The van der Waals surface area contributed by atoms with Crippen molar-refractivity contribution in [2.45, 2.75) is 32.0 Å². The lowest BCUT2D eigenvalue weighted by molar-refractivity contribution is -0.117. The SMILES string of the molecule is CN(Cc1cccc(NC(=O)[C@@H]2CCCN2)c1)Cc1cscn1. The monoisotopic (exact) mass is 330 g/mol. The van der Waals surface area contributed by atoms with E-state index in [0.717, 1.165) is 43.9 Å². The van der Waals surface area contributed by atoms with Crippen LogP contribution in [-0.4, -0.2) is 35.4 Å². The molecule has 2 heterocycles. The average molecular weight is 330 g/mol. The van der Waals surface area contributed by atoms with Gasteiger partial charge in [-0.05, 0) is 44.1 Å². The Morgan fingerprint density at radius 2 is 2.39 bits per heavy atom. The third-order valence-corrected chi connectivity index (χ3v) is 4.57. The molecule has 5 nitrogen and oxygen atoms in total. The van der Waals surface area contributed by atoms with E-state index in [9.17, 15) is 4.79 Å². The van der Waals surface area contributed by atoms with Gasteiger partial charge in [-0.15, -0.1) is 11.3 Å². The normalized spacial score (nSPS) is 17.6. The largest absolute Gasteiger partial charge is 0.325 e. The standard InChI is InChI=1S/C17H22N4OS/c1-21(10-15-11-23-12-19-15)9-13-4-2-5-14(8-13)20-17(22)16-6-3-7-18-16/h2,4-5,8,11-12,16,18H,3,6-7,9-10H2,1H3,(H,20,22)/t16-/m0/s1. The van der Waals surface area contributed by atoms with Crippen molar-refractivity contribution in [3.05, 3.63) is 46.4 Å². The molecule has 6 heteroatoms. The molecule has 1 saturated heterocycles. The predicted molar refractivity (Wildman–Crippen MR) is 93.4 cm³/mol. The van der Waals surface area contributed by atoms with Gasteiger partial charge in [0.05, 0.1) is 17.2 Å². The number of carbonyl (C=O) groups excluding carboxylic acids is 1. The molecule has 1 aromatic heterocycles. The average Bonchev–Trinajstić information content (AvgIpc) is 3.20. The van der Waals surface area contributed by atoms with E-state index in [-0.39, 0.29) is 11.9 Å². The first kappa shape index (κ1) is 16.1. The highest BCUT2D eigenvalue weighted by molar-refractivity contribution is 7.07. The van der Waals surface area contributed by atoms with Gasteiger partial charge in [0.15, 0.2) is 0 Å². The van der Waals surface area contributed by atoms with Gasteiger partial charge < -0.3 is 10.6 Å². The summed E-state index contributed by atoms with van der Waals surface area (Å²) >= 11 is 1.62. The van der Waals surface area contributed by atoms with Crippen molar-refractivity contribution in [2.24, 2.45) is 0 Å². The van der Waals surface area contributed by atoms with Crippen LogP contribution in [0.3, 0.4) is 0 Å². The highest BCUT2D eigenvalue weighted by Gasteiger charge is 2.21. The fraction of sp³-hybridized carbons (Fsp3) is 0.412. The summed E-state index contributed by atoms with van der Waals surface area (Å²) in [5.74, 6) is 0.0653. The van der Waals surface area contributed by atoms with Crippen molar-refractivity contribution in [3.63, 3.8) is 0 Å². The predicted octanol–water partition coefficient (Wildman–Crippen LogP) is 2.47. The number of nitrogens with one attached hydrogen (secondary N) is 2. The van der Waals surface area contributed by atoms with E-state index in [4.69, 9.17) is 0 Å². The first-order valence-electron chi connectivity index (χ1n) is 7.89. The maximum Gasteiger partial charge on any atom is 0.241 e. The van der Waals surface area contributed by atoms with Crippen molar-refractivity contribution in [1.29, 1.82) is 0 Å². The summed E-state index contributed by atoms with van der Waals surface area (Å²) in [6.45, 7) is 2.58. The number of carbonyl (C=O) groups is 1. The molecular formula is C17H22N4OS. The number of amides is 1. The smallest absolute Gasteiger partial charge is 0.241 e. The fourth-order valence-corrected chi connectivity index (χ4v) is 3.39. The van der Waals surface area contributed by atoms with E-state index < -0.39 is 0 Å². The molecule has 1 aromatic carbocycles. The third kappa shape index (κ3) is 4.60. The Hall–Kier alpha value is -1.76. The van der Waals surface area contributed by atoms with Crippen LogP contribution < -0.4 is 10.6 Å². The summed E-state index contributed by atoms with van der Waals surface area (Å²) in [6.07, 6.45) is 1.99. The lowest BCUT2D eigenvalue weighted by Gasteiger charge is -2.16. The van der Waals surface area contributed by atoms with E-state index in [1.165, 1.54) is 5.56 Å². The summed E-state index contributed by atoms with van der Waals surface area (Å²) < 4.78 is 0. The summed E-state index contributed by atoms with van der Waals surface area (Å²) in [5, 5.41) is 8.31. The summed E-state index contributed by atoms with van der Waals surface area (Å²) in [4.78, 5) is 18.7. The van der Waals surface area contributed by atoms with E-state index in [2.05, 4.69) is 39.0 Å². The van der Waals surface area contributed by atoms with Crippen LogP contribution in [0.4, 0.5) is 5.69 Å². The van der Waals surface area contributed by atoms with Crippen molar-refractivity contribution in [1.82, 2.24) is 15.2 Å². The Labute approximate surface area is 140 Å². The first-order chi connectivity index (χ1) is 11.2. The van der Waals surface area contributed by atoms with Crippen molar-refractivity contribution < 1.29 is 4.79 Å². The maximum atomic E-state index is 12.2. The number of thiazole rings is 1. The Morgan fingerprint density at radius 3 is 3.13 bits per heavy atom. The number of rotatable bonds is 6. The van der Waals surface area contributed by atoms with Crippen LogP contribution in [0.5, 0.6) is 0 Å². The number of hydrogen-bond acceptors (Lipinski definition) is 5. The van der Waals surface area contributed by atoms with E-state index in [1.54, 1.807) is 11.3 Å². The van der Waals surface area contributed by atoms with E-state index in [1.807, 2.05) is 23.7 Å². The maximum absolute atomic E-state index is 12.2. The molecule has 1 aliphatic rings. The molecular weight excluding hydrogens is 308 g/mol. The number of hydrogen-bond donors (Lipinski definition) is 2. The van der Waals surface area contributed by atoms with Crippen molar-refractivity contribution in [3.8, 4) is 0 Å². The van der Waals surface area contributed by atoms with Gasteiger partial charge in [-0.25, -0.2) is 4.98 Å². The molecule has 0 aliphatic carbocycles. The second kappa shape index (κ2) is 7.68. The molecule has 122 valence electrons. The van der Waals surface area contributed by atoms with Crippen LogP contribution in [0.25, 0.3) is 0 Å². The zero-order valence-electron chi connectivity index (χ0n) is 13.3. The summed E-state index contributed by atoms with van der Waals surface area (Å²) in [5.41, 5.74) is 4.99. The molecule has 0 spiro atoms. The highest BCUT2D eigenvalue weighted by Crippen LogP contribution is 2.15. The Kier molecular flexibility index (Phi) is 5.38. The summed E-state index contributed by atoms with van der Waals surface area (Å²) in [6, 6.07) is 8.01. The fourth-order valence-electron chi connectivity index (χ4n) is 2.84. The quantitative estimate of drug-likeness (QED) is 0.854. The number of aromatic nitrogens is 1. The molecule has 0 saturated carbocycles. The van der Waals surface area contributed by atoms with Gasteiger partial charge in [0, 0.05) is 24.2 Å². The topological polar surface area (TPSA) is 57.3 Å². The minimum atomic E-state index is -0.0500. The van der Waals surface area contributed by atoms with Gasteiger partial charge in [0.1, 0.15) is 0 Å². The van der Waals surface area contributed by atoms with Crippen LogP contribution in [0.2, 0.25) is 0 Å². The molecule has 1 amide bonds. The molecule has 3 rings (SSSR count). The number of benzene rings is 1. The van der Waals surface area contributed by atoms with Crippen LogP contribution in [-0.2, 0) is 17.9 Å². The highest BCUT2D eigenvalue weighted by atomic mass is 32.1. The minimum absolute atomic E-state index is 0.0500. The zero-order valence-corrected chi connectivity index (χ0v) is 14.1. The van der Waals surface area contributed by atoms with Gasteiger partial charge >= 0.3 is 0 Å². The molecule has 23 heavy (non-hydrogen) atoms. The molecule has 2 N–H and O–H groups in total. The van der Waals surface area contributed by atoms with Gasteiger partial charge in [0.25, 0.3) is 0 Å². The Morgan fingerprint density at radius 1 is 1.48 bits per heavy atom. The molecule has 0 radical (unpaired) electrons. The van der Waals surface area contributed by atoms with Gasteiger partial charge in [0.2, 0.25) is 5.91 Å². The van der Waals surface area contributed by atoms with Crippen LogP contribution in [0.15, 0.2) is 35.2 Å². The van der Waals surface area contributed by atoms with Crippen molar-refractivity contribution in [2.75, 3.05) is 18.9 Å². The van der Waals surface area contributed by atoms with Gasteiger partial charge in [-0.2, -0.15) is 0 Å². The van der Waals surface area contributed by atoms with Crippen LogP contribution in [0, 0.1) is 0 Å². The Bertz CT molecular complexity index is 638. The number of anilines is 1. The minimum Gasteiger partial charge on any atom is -0.325 e. The molecule has 1 fully saturated rings. The van der Waals surface area contributed by atoms with E-state index >= 15 is 0 Å². The van der Waals surface area contributed by atoms with Crippen LogP contribution >= 0.6 is 11.3 Å². The molecule has 1 aliphatic heterocycles. The van der Waals surface area contributed by atoms with E-state index in [0.29, 0.717) is 0 Å². The lowest BCUT2D eigenvalue weighted by Crippen LogP contribution is -2.35. The zero-order chi connectivity index (χ0) is 16.1. The van der Waals surface area contributed by atoms with Crippen LogP contribution in [0.1, 0.15) is 24.1 Å². The number of nitrogens with zero attached hydrogens (tertiary/aromatic N) is 2. The van der Waals surface area contributed by atoms with Gasteiger partial charge in [-0.1, -0.05) is 12.1 Å². The molecule has 0 unspecified atom stereocenters. The molecule has 0 bridgehead atoms. The third-order valence-electron chi connectivity index (χ3n) is 3.94. The summed E-state index contributed by atoms with van der Waals surface area (Å²) in [7, 11) is 2.08. The van der Waals surface area contributed by atoms with Gasteiger partial charge in [-0.3, -0.25) is 9.69 Å². The molecule has 2 aromatic rings. The second-order valence-electron chi connectivity index (χ2n) is 5.99.